The first-order chi connectivity index (χ1) is 8.00. The standard InChI is InChI=1S/C11H7ClN2O3/c12-7-2-1-6(11(13)17)5-8(7)14-9(15)3-4-10(14)16/h1-5H,(H2,13,17). The van der Waals surface area contributed by atoms with Crippen molar-refractivity contribution < 1.29 is 14.4 Å². The number of carbonyl (C=O) groups excluding carboxylic acids is 3. The van der Waals surface area contributed by atoms with Crippen molar-refractivity contribution in [2.24, 2.45) is 5.73 Å². The van der Waals surface area contributed by atoms with Gasteiger partial charge in [0.2, 0.25) is 5.91 Å². The molecule has 2 N–H and O–H groups in total. The number of hydrogen-bond acceptors (Lipinski definition) is 3. The number of nitrogens with two attached hydrogens (primary N) is 1. The summed E-state index contributed by atoms with van der Waals surface area (Å²) in [5.41, 5.74) is 5.45. The SMILES string of the molecule is NC(=O)c1ccc(Cl)c(N2C(=O)C=CC2=O)c1. The molecular weight excluding hydrogens is 244 g/mol. The summed E-state index contributed by atoms with van der Waals surface area (Å²) < 4.78 is 0. The van der Waals surface area contributed by atoms with Gasteiger partial charge in [0.15, 0.2) is 0 Å². The third kappa shape index (κ3) is 1.92. The Bertz CT molecular complexity index is 548. The maximum atomic E-state index is 11.5. The molecule has 0 spiro atoms. The minimum absolute atomic E-state index is 0.156. The first kappa shape index (κ1) is 11.3. The smallest absolute Gasteiger partial charge is 0.258 e. The van der Waals surface area contributed by atoms with Gasteiger partial charge in [0.25, 0.3) is 11.8 Å². The van der Waals surface area contributed by atoms with Crippen LogP contribution < -0.4 is 10.6 Å². The Morgan fingerprint density at radius 1 is 1.18 bits per heavy atom. The monoisotopic (exact) mass is 250 g/mol. The number of halogens is 1. The Morgan fingerprint density at radius 2 is 1.76 bits per heavy atom. The van der Waals surface area contributed by atoms with Gasteiger partial charge in [0, 0.05) is 17.7 Å². The highest BCUT2D eigenvalue weighted by molar-refractivity contribution is 6.37. The Labute approximate surface area is 101 Å². The van der Waals surface area contributed by atoms with Crippen molar-refractivity contribution in [3.8, 4) is 0 Å². The second-order valence-electron chi connectivity index (χ2n) is 3.38. The summed E-state index contributed by atoms with van der Waals surface area (Å²) in [5.74, 6) is -1.66. The summed E-state index contributed by atoms with van der Waals surface area (Å²) >= 11 is 5.89. The van der Waals surface area contributed by atoms with E-state index in [1.165, 1.54) is 18.2 Å². The maximum absolute atomic E-state index is 11.5. The number of anilines is 1. The average Bonchev–Trinajstić information content (AvgIpc) is 2.59. The zero-order chi connectivity index (χ0) is 12.6. The molecule has 1 aromatic carbocycles. The number of imide groups is 1. The molecular formula is C11H7ClN2O3. The van der Waals surface area contributed by atoms with Crippen LogP contribution in [0.2, 0.25) is 5.02 Å². The largest absolute Gasteiger partial charge is 0.366 e. The van der Waals surface area contributed by atoms with E-state index in [1.54, 1.807) is 0 Å². The van der Waals surface area contributed by atoms with Gasteiger partial charge in [-0.1, -0.05) is 11.6 Å². The average molecular weight is 251 g/mol. The summed E-state index contributed by atoms with van der Waals surface area (Å²) in [7, 11) is 0. The highest BCUT2D eigenvalue weighted by atomic mass is 35.5. The van der Waals surface area contributed by atoms with Crippen LogP contribution in [0.3, 0.4) is 0 Å². The van der Waals surface area contributed by atoms with E-state index in [-0.39, 0.29) is 16.3 Å². The van der Waals surface area contributed by atoms with Crippen LogP contribution in [0.25, 0.3) is 0 Å². The van der Waals surface area contributed by atoms with E-state index in [1.807, 2.05) is 0 Å². The fraction of sp³-hybridized carbons (Fsp3) is 0. The van der Waals surface area contributed by atoms with Crippen LogP contribution in [0.1, 0.15) is 10.4 Å². The van der Waals surface area contributed by atoms with Gasteiger partial charge in [-0.2, -0.15) is 0 Å². The molecule has 0 atom stereocenters. The first-order valence-corrected chi connectivity index (χ1v) is 5.04. The quantitative estimate of drug-likeness (QED) is 0.791. The van der Waals surface area contributed by atoms with E-state index >= 15 is 0 Å². The van der Waals surface area contributed by atoms with Gasteiger partial charge >= 0.3 is 0 Å². The second kappa shape index (κ2) is 4.03. The van der Waals surface area contributed by atoms with Crippen molar-refractivity contribution in [1.29, 1.82) is 0 Å². The lowest BCUT2D eigenvalue weighted by molar-refractivity contribution is -0.119. The number of benzene rings is 1. The van der Waals surface area contributed by atoms with E-state index in [4.69, 9.17) is 17.3 Å². The lowest BCUT2D eigenvalue weighted by Crippen LogP contribution is -2.30. The van der Waals surface area contributed by atoms with Crippen molar-refractivity contribution in [2.75, 3.05) is 4.90 Å². The van der Waals surface area contributed by atoms with E-state index in [0.29, 0.717) is 0 Å². The van der Waals surface area contributed by atoms with Crippen LogP contribution in [-0.4, -0.2) is 17.7 Å². The maximum Gasteiger partial charge on any atom is 0.258 e. The normalized spacial score (nSPS) is 14.5. The fourth-order valence-electron chi connectivity index (χ4n) is 1.47. The van der Waals surface area contributed by atoms with E-state index in [0.717, 1.165) is 17.1 Å². The second-order valence-corrected chi connectivity index (χ2v) is 3.78. The van der Waals surface area contributed by atoms with Gasteiger partial charge in [-0.25, -0.2) is 4.90 Å². The summed E-state index contributed by atoms with van der Waals surface area (Å²) in [5, 5.41) is 0.195. The molecule has 1 aromatic rings. The fourth-order valence-corrected chi connectivity index (χ4v) is 1.68. The third-order valence-electron chi connectivity index (χ3n) is 2.28. The zero-order valence-corrected chi connectivity index (χ0v) is 9.27. The van der Waals surface area contributed by atoms with Gasteiger partial charge in [0.05, 0.1) is 10.7 Å². The van der Waals surface area contributed by atoms with Crippen molar-refractivity contribution in [1.82, 2.24) is 0 Å². The molecule has 86 valence electrons. The molecule has 5 nitrogen and oxygen atoms in total. The van der Waals surface area contributed by atoms with Gasteiger partial charge in [-0.3, -0.25) is 14.4 Å². The van der Waals surface area contributed by atoms with E-state index in [9.17, 15) is 14.4 Å². The molecule has 0 radical (unpaired) electrons. The van der Waals surface area contributed by atoms with Crippen LogP contribution >= 0.6 is 11.6 Å². The predicted octanol–water partition coefficient (Wildman–Crippen LogP) is 0.868. The van der Waals surface area contributed by atoms with Crippen LogP contribution in [0.15, 0.2) is 30.4 Å². The highest BCUT2D eigenvalue weighted by Crippen LogP contribution is 2.29. The Balaban J connectivity index is 2.51. The number of carbonyl (C=O) groups is 3. The minimum Gasteiger partial charge on any atom is -0.366 e. The zero-order valence-electron chi connectivity index (χ0n) is 8.51. The molecule has 1 heterocycles. The highest BCUT2D eigenvalue weighted by Gasteiger charge is 2.27. The number of nitrogens with zero attached hydrogens (tertiary/aromatic N) is 1. The molecule has 0 aliphatic carbocycles. The molecule has 17 heavy (non-hydrogen) atoms. The van der Waals surface area contributed by atoms with E-state index in [2.05, 4.69) is 0 Å². The van der Waals surface area contributed by atoms with Gasteiger partial charge in [0.1, 0.15) is 0 Å². The van der Waals surface area contributed by atoms with Crippen molar-refractivity contribution in [2.45, 2.75) is 0 Å². The molecule has 1 aliphatic rings. The van der Waals surface area contributed by atoms with Crippen LogP contribution in [0.4, 0.5) is 5.69 Å². The van der Waals surface area contributed by atoms with Crippen LogP contribution in [0.5, 0.6) is 0 Å². The molecule has 2 rings (SSSR count). The number of primary amides is 1. The van der Waals surface area contributed by atoms with Gasteiger partial charge < -0.3 is 5.73 Å². The minimum atomic E-state index is -0.657. The number of hydrogen-bond donors (Lipinski definition) is 1. The van der Waals surface area contributed by atoms with Crippen LogP contribution in [-0.2, 0) is 9.59 Å². The third-order valence-corrected chi connectivity index (χ3v) is 2.60. The summed E-state index contributed by atoms with van der Waals surface area (Å²) in [6.07, 6.45) is 2.27. The van der Waals surface area contributed by atoms with Crippen LogP contribution in [0, 0.1) is 0 Å². The van der Waals surface area contributed by atoms with Crippen molar-refractivity contribution in [3.63, 3.8) is 0 Å². The molecule has 0 aromatic heterocycles. The topological polar surface area (TPSA) is 80.5 Å². The Hall–Kier alpha value is -2.14. The summed E-state index contributed by atoms with van der Waals surface area (Å²) in [6, 6.07) is 4.15. The molecule has 6 heteroatoms. The molecule has 0 saturated carbocycles. The lowest BCUT2D eigenvalue weighted by atomic mass is 10.2. The Kier molecular flexibility index (Phi) is 2.69. The number of rotatable bonds is 2. The predicted molar refractivity (Wildman–Crippen MR) is 61.6 cm³/mol. The van der Waals surface area contributed by atoms with E-state index < -0.39 is 17.7 Å². The van der Waals surface area contributed by atoms with Gasteiger partial charge in [-0.05, 0) is 18.2 Å². The molecule has 0 saturated heterocycles. The molecule has 0 unspecified atom stereocenters. The molecule has 0 fully saturated rings. The molecule has 3 amide bonds. The molecule has 0 bridgehead atoms. The number of amides is 3. The van der Waals surface area contributed by atoms with Crippen molar-refractivity contribution in [3.05, 3.63) is 40.9 Å². The van der Waals surface area contributed by atoms with Crippen molar-refractivity contribution >= 4 is 35.0 Å². The summed E-state index contributed by atoms with van der Waals surface area (Å²) in [4.78, 5) is 34.8. The first-order valence-electron chi connectivity index (χ1n) is 4.66. The molecule has 1 aliphatic heterocycles. The lowest BCUT2D eigenvalue weighted by Gasteiger charge is -2.15. The Morgan fingerprint density at radius 3 is 2.29 bits per heavy atom. The summed E-state index contributed by atoms with van der Waals surface area (Å²) in [6.45, 7) is 0. The van der Waals surface area contributed by atoms with Gasteiger partial charge in [-0.15, -0.1) is 0 Å².